The molecule has 1 aliphatic heterocycles. The lowest BCUT2D eigenvalue weighted by molar-refractivity contribution is -0.121. The lowest BCUT2D eigenvalue weighted by Gasteiger charge is -2.31. The molecule has 0 radical (unpaired) electrons. The third-order valence-corrected chi connectivity index (χ3v) is 3.86. The second-order valence-electron chi connectivity index (χ2n) is 5.22. The van der Waals surface area contributed by atoms with Gasteiger partial charge in [-0.05, 0) is 18.5 Å². The molecular weight excluding hydrogens is 250 g/mol. The Morgan fingerprint density at radius 1 is 1.25 bits per heavy atom. The number of fused-ring (bicyclic) bond motifs is 1. The number of benzene rings is 2. The zero-order valence-corrected chi connectivity index (χ0v) is 11.6. The molecule has 0 spiro atoms. The van der Waals surface area contributed by atoms with Crippen molar-refractivity contribution in [2.24, 2.45) is 0 Å². The van der Waals surface area contributed by atoms with Gasteiger partial charge in [-0.15, -0.1) is 0 Å². The van der Waals surface area contributed by atoms with Crippen LogP contribution < -0.4 is 10.6 Å². The van der Waals surface area contributed by atoms with E-state index in [9.17, 15) is 4.79 Å². The van der Waals surface area contributed by atoms with Crippen molar-refractivity contribution in [2.75, 3.05) is 32.0 Å². The fourth-order valence-corrected chi connectivity index (χ4v) is 2.65. The average Bonchev–Trinajstić information content (AvgIpc) is 2.48. The third-order valence-electron chi connectivity index (χ3n) is 3.86. The number of nitrogens with zero attached hydrogens (tertiary/aromatic N) is 1. The van der Waals surface area contributed by atoms with Crippen molar-refractivity contribution in [2.45, 2.75) is 6.04 Å². The fourth-order valence-electron chi connectivity index (χ4n) is 2.65. The summed E-state index contributed by atoms with van der Waals surface area (Å²) in [4.78, 5) is 14.5. The van der Waals surface area contributed by atoms with E-state index in [2.05, 4.69) is 27.7 Å². The van der Waals surface area contributed by atoms with Gasteiger partial charge in [0.05, 0.1) is 0 Å². The highest BCUT2D eigenvalue weighted by Gasteiger charge is 2.25. The Bertz CT molecular complexity index is 621. The summed E-state index contributed by atoms with van der Waals surface area (Å²) in [6, 6.07) is 14.0. The molecule has 1 saturated heterocycles. The summed E-state index contributed by atoms with van der Waals surface area (Å²) in [7, 11) is 1.99. The molecule has 2 aromatic rings. The van der Waals surface area contributed by atoms with Crippen molar-refractivity contribution < 1.29 is 4.79 Å². The van der Waals surface area contributed by atoms with Gasteiger partial charge in [-0.3, -0.25) is 9.69 Å². The SMILES string of the molecule is CN1CCNCC1C(=O)Nc1cccc2ccccc12. The number of hydrogen-bond donors (Lipinski definition) is 2. The molecule has 0 aliphatic carbocycles. The molecule has 1 atom stereocenters. The van der Waals surface area contributed by atoms with E-state index in [-0.39, 0.29) is 11.9 Å². The number of amides is 1. The minimum atomic E-state index is -0.109. The Morgan fingerprint density at radius 2 is 2.05 bits per heavy atom. The number of anilines is 1. The molecule has 1 aliphatic rings. The highest BCUT2D eigenvalue weighted by molar-refractivity contribution is 6.03. The van der Waals surface area contributed by atoms with Crippen molar-refractivity contribution in [3.63, 3.8) is 0 Å². The van der Waals surface area contributed by atoms with E-state index in [1.807, 2.05) is 37.4 Å². The molecule has 2 N–H and O–H groups in total. The van der Waals surface area contributed by atoms with E-state index in [0.717, 1.165) is 29.5 Å². The lowest BCUT2D eigenvalue weighted by Crippen LogP contribution is -2.54. The molecule has 0 aromatic heterocycles. The van der Waals surface area contributed by atoms with E-state index >= 15 is 0 Å². The van der Waals surface area contributed by atoms with Crippen LogP contribution in [-0.2, 0) is 4.79 Å². The Balaban J connectivity index is 1.84. The molecule has 1 unspecified atom stereocenters. The predicted octanol–water partition coefficient (Wildman–Crippen LogP) is 1.68. The maximum atomic E-state index is 12.4. The Morgan fingerprint density at radius 3 is 2.90 bits per heavy atom. The summed E-state index contributed by atoms with van der Waals surface area (Å²) in [5, 5.41) is 8.55. The van der Waals surface area contributed by atoms with Gasteiger partial charge in [0, 0.05) is 30.7 Å². The standard InChI is InChI=1S/C16H19N3O/c1-19-10-9-17-11-15(19)16(20)18-14-8-4-6-12-5-2-3-7-13(12)14/h2-8,15,17H,9-11H2,1H3,(H,18,20). The monoisotopic (exact) mass is 269 g/mol. The second kappa shape index (κ2) is 5.61. The number of carbonyl (C=O) groups excluding carboxylic acids is 1. The second-order valence-corrected chi connectivity index (χ2v) is 5.22. The van der Waals surface area contributed by atoms with Crippen LogP contribution in [0.4, 0.5) is 5.69 Å². The van der Waals surface area contributed by atoms with Gasteiger partial charge in [0.15, 0.2) is 0 Å². The Kier molecular flexibility index (Phi) is 3.67. The van der Waals surface area contributed by atoms with E-state index < -0.39 is 0 Å². The first-order valence-corrected chi connectivity index (χ1v) is 6.95. The van der Waals surface area contributed by atoms with Crippen molar-refractivity contribution in [1.82, 2.24) is 10.2 Å². The molecule has 0 bridgehead atoms. The van der Waals surface area contributed by atoms with E-state index in [1.54, 1.807) is 0 Å². The zero-order chi connectivity index (χ0) is 13.9. The van der Waals surface area contributed by atoms with Gasteiger partial charge in [-0.25, -0.2) is 0 Å². The normalized spacial score (nSPS) is 19.9. The quantitative estimate of drug-likeness (QED) is 0.872. The van der Waals surface area contributed by atoms with Crippen LogP contribution in [0, 0.1) is 0 Å². The topological polar surface area (TPSA) is 44.4 Å². The minimum Gasteiger partial charge on any atom is -0.324 e. The largest absolute Gasteiger partial charge is 0.324 e. The highest BCUT2D eigenvalue weighted by atomic mass is 16.2. The molecule has 4 heteroatoms. The number of rotatable bonds is 2. The summed E-state index contributed by atoms with van der Waals surface area (Å²) in [5.41, 5.74) is 0.882. The van der Waals surface area contributed by atoms with Crippen molar-refractivity contribution in [3.05, 3.63) is 42.5 Å². The van der Waals surface area contributed by atoms with Crippen LogP contribution in [0.1, 0.15) is 0 Å². The van der Waals surface area contributed by atoms with Crippen LogP contribution in [0.25, 0.3) is 10.8 Å². The third kappa shape index (κ3) is 2.53. The van der Waals surface area contributed by atoms with Crippen LogP contribution in [0.3, 0.4) is 0 Å². The van der Waals surface area contributed by atoms with E-state index in [1.165, 1.54) is 0 Å². The molecule has 1 heterocycles. The first-order valence-electron chi connectivity index (χ1n) is 6.95. The van der Waals surface area contributed by atoms with Gasteiger partial charge in [-0.1, -0.05) is 36.4 Å². The summed E-state index contributed by atoms with van der Waals surface area (Å²) in [6.07, 6.45) is 0. The summed E-state index contributed by atoms with van der Waals surface area (Å²) in [5.74, 6) is 0.0519. The molecule has 3 rings (SSSR count). The molecular formula is C16H19N3O. The molecule has 1 fully saturated rings. The van der Waals surface area contributed by atoms with Crippen LogP contribution in [-0.4, -0.2) is 43.5 Å². The first kappa shape index (κ1) is 13.1. The molecule has 2 aromatic carbocycles. The molecule has 0 saturated carbocycles. The van der Waals surface area contributed by atoms with Crippen LogP contribution in [0.15, 0.2) is 42.5 Å². The Labute approximate surface area is 118 Å². The number of nitrogens with one attached hydrogen (secondary N) is 2. The maximum Gasteiger partial charge on any atom is 0.243 e. The minimum absolute atomic E-state index is 0.0519. The van der Waals surface area contributed by atoms with Gasteiger partial charge in [-0.2, -0.15) is 0 Å². The van der Waals surface area contributed by atoms with E-state index in [0.29, 0.717) is 6.54 Å². The van der Waals surface area contributed by atoms with Gasteiger partial charge in [0.25, 0.3) is 0 Å². The highest BCUT2D eigenvalue weighted by Crippen LogP contribution is 2.23. The molecule has 4 nitrogen and oxygen atoms in total. The van der Waals surface area contributed by atoms with E-state index in [4.69, 9.17) is 0 Å². The van der Waals surface area contributed by atoms with Gasteiger partial charge in [0.2, 0.25) is 5.91 Å². The molecule has 20 heavy (non-hydrogen) atoms. The first-order chi connectivity index (χ1) is 9.75. The van der Waals surface area contributed by atoms with Gasteiger partial charge in [0.1, 0.15) is 6.04 Å². The van der Waals surface area contributed by atoms with Crippen molar-refractivity contribution >= 4 is 22.4 Å². The summed E-state index contributed by atoms with van der Waals surface area (Å²) >= 11 is 0. The number of carbonyl (C=O) groups is 1. The van der Waals surface area contributed by atoms with Gasteiger partial charge >= 0.3 is 0 Å². The smallest absolute Gasteiger partial charge is 0.243 e. The Hall–Kier alpha value is -1.91. The van der Waals surface area contributed by atoms with Gasteiger partial charge < -0.3 is 10.6 Å². The average molecular weight is 269 g/mol. The molecule has 104 valence electrons. The number of hydrogen-bond acceptors (Lipinski definition) is 3. The van der Waals surface area contributed by atoms with Crippen molar-refractivity contribution in [1.29, 1.82) is 0 Å². The van der Waals surface area contributed by atoms with Crippen LogP contribution in [0.5, 0.6) is 0 Å². The fraction of sp³-hybridized carbons (Fsp3) is 0.312. The summed E-state index contributed by atoms with van der Waals surface area (Å²) in [6.45, 7) is 2.54. The zero-order valence-electron chi connectivity index (χ0n) is 11.6. The predicted molar refractivity (Wildman–Crippen MR) is 81.9 cm³/mol. The van der Waals surface area contributed by atoms with Crippen LogP contribution in [0.2, 0.25) is 0 Å². The number of piperazine rings is 1. The maximum absolute atomic E-state index is 12.4. The van der Waals surface area contributed by atoms with Crippen LogP contribution >= 0.6 is 0 Å². The molecule has 1 amide bonds. The van der Waals surface area contributed by atoms with Crippen molar-refractivity contribution in [3.8, 4) is 0 Å². The number of likely N-dealkylation sites (N-methyl/N-ethyl adjacent to an activating group) is 1. The summed E-state index contributed by atoms with van der Waals surface area (Å²) < 4.78 is 0. The lowest BCUT2D eigenvalue weighted by atomic mass is 10.1.